The molecule has 0 aliphatic rings. The third-order valence-electron chi connectivity index (χ3n) is 4.26. The van der Waals surface area contributed by atoms with Crippen LogP contribution in [0.5, 0.6) is 0 Å². The Kier molecular flexibility index (Phi) is 7.29. The monoisotopic (exact) mass is 393 g/mol. The lowest BCUT2D eigenvalue weighted by molar-refractivity contribution is -0.127. The van der Waals surface area contributed by atoms with E-state index in [1.54, 1.807) is 18.0 Å². The van der Waals surface area contributed by atoms with Crippen molar-refractivity contribution in [2.24, 2.45) is 7.05 Å². The third-order valence-corrected chi connectivity index (χ3v) is 5.51. The third kappa shape index (κ3) is 4.89. The molecule has 0 fully saturated rings. The first-order chi connectivity index (χ1) is 12.4. The molecule has 1 aromatic heterocycles. The van der Waals surface area contributed by atoms with Gasteiger partial charge in [0.15, 0.2) is 5.16 Å². The lowest BCUT2D eigenvalue weighted by Crippen LogP contribution is -2.32. The van der Waals surface area contributed by atoms with Crippen LogP contribution in [-0.4, -0.2) is 39.2 Å². The molecule has 5 nitrogen and oxygen atoms in total. The van der Waals surface area contributed by atoms with Gasteiger partial charge in [0, 0.05) is 42.8 Å². The number of benzene rings is 1. The van der Waals surface area contributed by atoms with E-state index in [1.165, 1.54) is 16.3 Å². The number of carbonyl (C=O) groups excluding carboxylic acids is 1. The van der Waals surface area contributed by atoms with E-state index in [4.69, 9.17) is 11.6 Å². The fourth-order valence-corrected chi connectivity index (χ4v) is 3.83. The second-order valence-corrected chi connectivity index (χ2v) is 7.36. The molecular weight excluding hydrogens is 370 g/mol. The number of nitrogens with zero attached hydrogens (tertiary/aromatic N) is 3. The fraction of sp³-hybridized carbons (Fsp3) is 0.421. The van der Waals surface area contributed by atoms with Crippen molar-refractivity contribution in [2.75, 3.05) is 18.8 Å². The Balaban J connectivity index is 2.22. The van der Waals surface area contributed by atoms with Gasteiger partial charge < -0.3 is 4.90 Å². The van der Waals surface area contributed by atoms with Crippen LogP contribution in [0, 0.1) is 6.92 Å². The van der Waals surface area contributed by atoms with Crippen LogP contribution in [0.1, 0.15) is 30.7 Å². The zero-order valence-electron chi connectivity index (χ0n) is 15.6. The fourth-order valence-electron chi connectivity index (χ4n) is 2.71. The Morgan fingerprint density at radius 3 is 2.62 bits per heavy atom. The van der Waals surface area contributed by atoms with Crippen molar-refractivity contribution in [2.45, 2.75) is 32.3 Å². The predicted molar refractivity (Wildman–Crippen MR) is 107 cm³/mol. The van der Waals surface area contributed by atoms with Crippen molar-refractivity contribution in [3.8, 4) is 0 Å². The van der Waals surface area contributed by atoms with Crippen molar-refractivity contribution in [1.82, 2.24) is 14.5 Å². The topological polar surface area (TPSA) is 55.2 Å². The number of amides is 1. The number of rotatable bonds is 7. The highest BCUT2D eigenvalue weighted by Crippen LogP contribution is 2.18. The summed E-state index contributed by atoms with van der Waals surface area (Å²) >= 11 is 7.33. The summed E-state index contributed by atoms with van der Waals surface area (Å²) in [5.74, 6) is 0.324. The molecule has 26 heavy (non-hydrogen) atoms. The van der Waals surface area contributed by atoms with Gasteiger partial charge in [-0.15, -0.1) is 0 Å². The molecule has 0 unspecified atom stereocenters. The number of hydrogen-bond donors (Lipinski definition) is 0. The van der Waals surface area contributed by atoms with E-state index in [-0.39, 0.29) is 17.2 Å². The average Bonchev–Trinajstić information content (AvgIpc) is 2.61. The van der Waals surface area contributed by atoms with Crippen LogP contribution >= 0.6 is 23.4 Å². The number of aryl methyl sites for hydroxylation is 1. The van der Waals surface area contributed by atoms with Gasteiger partial charge in [0.25, 0.3) is 5.56 Å². The standard InChI is InChI=1S/C19H24ClN3O2S/c1-5-23(6-2)17(24)12-26-19-21-13(3)16(18(25)22(19)4)11-14-8-7-9-15(20)10-14/h7-10H,5-6,11-12H2,1-4H3. The van der Waals surface area contributed by atoms with E-state index in [2.05, 4.69) is 4.98 Å². The summed E-state index contributed by atoms with van der Waals surface area (Å²) in [5.41, 5.74) is 2.21. The van der Waals surface area contributed by atoms with Crippen LogP contribution < -0.4 is 5.56 Å². The van der Waals surface area contributed by atoms with E-state index in [0.29, 0.717) is 40.9 Å². The molecule has 7 heteroatoms. The lowest BCUT2D eigenvalue weighted by atomic mass is 10.1. The highest BCUT2D eigenvalue weighted by atomic mass is 35.5. The van der Waals surface area contributed by atoms with Crippen LogP contribution in [-0.2, 0) is 18.3 Å². The van der Waals surface area contributed by atoms with Crippen molar-refractivity contribution >= 4 is 29.3 Å². The van der Waals surface area contributed by atoms with Gasteiger partial charge in [-0.1, -0.05) is 35.5 Å². The van der Waals surface area contributed by atoms with Gasteiger partial charge in [0.05, 0.1) is 5.75 Å². The zero-order valence-corrected chi connectivity index (χ0v) is 17.2. The van der Waals surface area contributed by atoms with Crippen LogP contribution in [0.3, 0.4) is 0 Å². The summed E-state index contributed by atoms with van der Waals surface area (Å²) in [6, 6.07) is 7.47. The molecule has 0 bridgehead atoms. The van der Waals surface area contributed by atoms with Gasteiger partial charge >= 0.3 is 0 Å². The van der Waals surface area contributed by atoms with Crippen LogP contribution in [0.15, 0.2) is 34.2 Å². The van der Waals surface area contributed by atoms with Crippen LogP contribution in [0.25, 0.3) is 0 Å². The molecule has 0 N–H and O–H groups in total. The van der Waals surface area contributed by atoms with Gasteiger partial charge in [0.2, 0.25) is 5.91 Å². The van der Waals surface area contributed by atoms with Crippen LogP contribution in [0.2, 0.25) is 5.02 Å². The van der Waals surface area contributed by atoms with Crippen LogP contribution in [0.4, 0.5) is 0 Å². The smallest absolute Gasteiger partial charge is 0.257 e. The van der Waals surface area contributed by atoms with Gasteiger partial charge in [-0.3, -0.25) is 14.2 Å². The van der Waals surface area contributed by atoms with Gasteiger partial charge in [-0.05, 0) is 38.5 Å². The SMILES string of the molecule is CCN(CC)C(=O)CSc1nc(C)c(Cc2cccc(Cl)c2)c(=O)n1C. The molecule has 0 aliphatic carbocycles. The predicted octanol–water partition coefficient (Wildman–Crippen LogP) is 3.29. The normalized spacial score (nSPS) is 10.8. The quantitative estimate of drug-likeness (QED) is 0.535. The van der Waals surface area contributed by atoms with Gasteiger partial charge in [-0.25, -0.2) is 4.98 Å². The summed E-state index contributed by atoms with van der Waals surface area (Å²) < 4.78 is 1.52. The largest absolute Gasteiger partial charge is 0.343 e. The average molecular weight is 394 g/mol. The van der Waals surface area contributed by atoms with Crippen molar-refractivity contribution in [3.63, 3.8) is 0 Å². The molecule has 0 spiro atoms. The molecule has 1 heterocycles. The second-order valence-electron chi connectivity index (χ2n) is 5.98. The molecule has 1 aromatic carbocycles. The first-order valence-corrected chi connectivity index (χ1v) is 9.95. The summed E-state index contributed by atoms with van der Waals surface area (Å²) in [4.78, 5) is 31.3. The Morgan fingerprint density at radius 2 is 2.00 bits per heavy atom. The van der Waals surface area contributed by atoms with E-state index in [0.717, 1.165) is 5.56 Å². The number of halogens is 1. The number of aromatic nitrogens is 2. The molecule has 0 saturated heterocycles. The van der Waals surface area contributed by atoms with Crippen molar-refractivity contribution in [3.05, 3.63) is 56.5 Å². The minimum Gasteiger partial charge on any atom is -0.343 e. The summed E-state index contributed by atoms with van der Waals surface area (Å²) in [6.07, 6.45) is 0.482. The minimum atomic E-state index is -0.0877. The van der Waals surface area contributed by atoms with E-state index in [9.17, 15) is 9.59 Å². The van der Waals surface area contributed by atoms with Crippen molar-refractivity contribution < 1.29 is 4.79 Å². The van der Waals surface area contributed by atoms with Gasteiger partial charge in [-0.2, -0.15) is 0 Å². The summed E-state index contributed by atoms with van der Waals surface area (Å²) in [7, 11) is 1.69. The lowest BCUT2D eigenvalue weighted by Gasteiger charge is -2.18. The number of thioether (sulfide) groups is 1. The van der Waals surface area contributed by atoms with E-state index < -0.39 is 0 Å². The molecule has 140 valence electrons. The Morgan fingerprint density at radius 1 is 1.31 bits per heavy atom. The Labute approximate surface area is 163 Å². The maximum atomic E-state index is 12.8. The summed E-state index contributed by atoms with van der Waals surface area (Å²) in [6.45, 7) is 7.10. The Hall–Kier alpha value is -1.79. The maximum absolute atomic E-state index is 12.8. The Bertz CT molecular complexity index is 847. The zero-order chi connectivity index (χ0) is 19.3. The molecule has 2 aromatic rings. The first-order valence-electron chi connectivity index (χ1n) is 8.58. The highest BCUT2D eigenvalue weighted by molar-refractivity contribution is 7.99. The molecule has 0 atom stereocenters. The maximum Gasteiger partial charge on any atom is 0.257 e. The number of hydrogen-bond acceptors (Lipinski definition) is 4. The minimum absolute atomic E-state index is 0.0508. The van der Waals surface area contributed by atoms with E-state index in [1.807, 2.05) is 39.0 Å². The van der Waals surface area contributed by atoms with E-state index >= 15 is 0 Å². The van der Waals surface area contributed by atoms with Gasteiger partial charge in [0.1, 0.15) is 0 Å². The molecule has 1 amide bonds. The van der Waals surface area contributed by atoms with Crippen molar-refractivity contribution in [1.29, 1.82) is 0 Å². The summed E-state index contributed by atoms with van der Waals surface area (Å²) in [5, 5.41) is 1.20. The molecule has 2 rings (SSSR count). The molecule has 0 saturated carbocycles. The molecular formula is C19H24ClN3O2S. The molecule has 0 aliphatic heterocycles. The number of carbonyl (C=O) groups is 1. The highest BCUT2D eigenvalue weighted by Gasteiger charge is 2.16. The molecule has 0 radical (unpaired) electrons. The second kappa shape index (κ2) is 9.24. The first kappa shape index (κ1) is 20.5.